The molecule has 2 aromatic rings. The van der Waals surface area contributed by atoms with Gasteiger partial charge in [0.2, 0.25) is 0 Å². The van der Waals surface area contributed by atoms with Gasteiger partial charge in [-0.25, -0.2) is 9.97 Å². The van der Waals surface area contributed by atoms with Crippen LogP contribution in [0.5, 0.6) is 5.75 Å². The van der Waals surface area contributed by atoms with Crippen molar-refractivity contribution >= 4 is 33.3 Å². The molecule has 4 nitrogen and oxygen atoms in total. The predicted octanol–water partition coefficient (Wildman–Crippen LogP) is 3.54. The fourth-order valence-corrected chi connectivity index (χ4v) is 2.36. The standard InChI is InChI=1S/C13H13BrClN3O/c1-18(7-9-5-3-4-6-10(9)14)13-11(19-2)12(15)16-8-17-13/h3-6,8H,7H2,1-2H3. The molecule has 0 saturated heterocycles. The van der Waals surface area contributed by atoms with Crippen LogP contribution in [0.2, 0.25) is 5.15 Å². The molecule has 0 N–H and O–H groups in total. The number of methoxy groups -OCH3 is 1. The molecule has 0 atom stereocenters. The van der Waals surface area contributed by atoms with Crippen molar-refractivity contribution in [1.29, 1.82) is 0 Å². The summed E-state index contributed by atoms with van der Waals surface area (Å²) in [5, 5.41) is 0.312. The molecule has 0 aliphatic carbocycles. The summed E-state index contributed by atoms with van der Waals surface area (Å²) in [6, 6.07) is 8.04. The lowest BCUT2D eigenvalue weighted by Gasteiger charge is -2.21. The molecular weight excluding hydrogens is 330 g/mol. The minimum Gasteiger partial charge on any atom is -0.490 e. The highest BCUT2D eigenvalue weighted by atomic mass is 79.9. The van der Waals surface area contributed by atoms with Crippen LogP contribution in [0.15, 0.2) is 35.1 Å². The molecule has 0 saturated carbocycles. The molecule has 0 aliphatic heterocycles. The van der Waals surface area contributed by atoms with E-state index in [4.69, 9.17) is 16.3 Å². The van der Waals surface area contributed by atoms with Crippen molar-refractivity contribution in [1.82, 2.24) is 9.97 Å². The van der Waals surface area contributed by atoms with Crippen LogP contribution in [0.3, 0.4) is 0 Å². The predicted molar refractivity (Wildman–Crippen MR) is 79.8 cm³/mol. The number of hydrogen-bond acceptors (Lipinski definition) is 4. The fraction of sp³-hybridized carbons (Fsp3) is 0.231. The van der Waals surface area contributed by atoms with Gasteiger partial charge in [-0.15, -0.1) is 0 Å². The Kier molecular flexibility index (Phi) is 4.61. The van der Waals surface area contributed by atoms with Crippen molar-refractivity contribution in [3.05, 3.63) is 45.8 Å². The normalized spacial score (nSPS) is 10.3. The summed E-state index contributed by atoms with van der Waals surface area (Å²) in [6.45, 7) is 0.686. The summed E-state index contributed by atoms with van der Waals surface area (Å²) in [7, 11) is 3.49. The highest BCUT2D eigenvalue weighted by Gasteiger charge is 2.15. The number of anilines is 1. The first-order chi connectivity index (χ1) is 9.13. The van der Waals surface area contributed by atoms with Crippen molar-refractivity contribution in [3.8, 4) is 5.75 Å². The van der Waals surface area contributed by atoms with Crippen molar-refractivity contribution < 1.29 is 4.74 Å². The molecule has 0 fully saturated rings. The van der Waals surface area contributed by atoms with E-state index in [1.165, 1.54) is 6.33 Å². The third-order valence-corrected chi connectivity index (χ3v) is 3.72. The number of ether oxygens (including phenoxy) is 1. The summed E-state index contributed by atoms with van der Waals surface area (Å²) in [4.78, 5) is 10.1. The van der Waals surface area contributed by atoms with E-state index in [9.17, 15) is 0 Å². The first-order valence-corrected chi connectivity index (χ1v) is 6.79. The van der Waals surface area contributed by atoms with Gasteiger partial charge in [-0.1, -0.05) is 45.7 Å². The first kappa shape index (κ1) is 14.1. The molecule has 1 heterocycles. The van der Waals surface area contributed by atoms with Gasteiger partial charge in [0.25, 0.3) is 0 Å². The van der Waals surface area contributed by atoms with Gasteiger partial charge >= 0.3 is 0 Å². The van der Waals surface area contributed by atoms with Gasteiger partial charge in [0.1, 0.15) is 6.33 Å². The first-order valence-electron chi connectivity index (χ1n) is 5.62. The van der Waals surface area contributed by atoms with E-state index >= 15 is 0 Å². The summed E-state index contributed by atoms with van der Waals surface area (Å²) in [5.41, 5.74) is 1.15. The van der Waals surface area contributed by atoms with Crippen LogP contribution in [-0.4, -0.2) is 24.1 Å². The minimum atomic E-state index is 0.312. The van der Waals surface area contributed by atoms with Crippen molar-refractivity contribution in [2.24, 2.45) is 0 Å². The largest absolute Gasteiger partial charge is 0.490 e. The SMILES string of the molecule is COc1c(Cl)ncnc1N(C)Cc1ccccc1Br. The maximum absolute atomic E-state index is 6.00. The summed E-state index contributed by atoms with van der Waals surface area (Å²) < 4.78 is 6.31. The lowest BCUT2D eigenvalue weighted by atomic mass is 10.2. The van der Waals surface area contributed by atoms with Crippen LogP contribution in [-0.2, 0) is 6.54 Å². The Hall–Kier alpha value is -1.33. The molecule has 0 amide bonds. The summed E-state index contributed by atoms with van der Waals surface area (Å²) in [6.07, 6.45) is 1.43. The third kappa shape index (κ3) is 3.16. The number of aromatic nitrogens is 2. The van der Waals surface area contributed by atoms with Crippen molar-refractivity contribution in [2.75, 3.05) is 19.1 Å². The van der Waals surface area contributed by atoms with E-state index in [-0.39, 0.29) is 0 Å². The van der Waals surface area contributed by atoms with E-state index in [2.05, 4.69) is 32.0 Å². The monoisotopic (exact) mass is 341 g/mol. The van der Waals surface area contributed by atoms with Gasteiger partial charge < -0.3 is 9.64 Å². The Morgan fingerprint density at radius 2 is 2.05 bits per heavy atom. The Balaban J connectivity index is 2.28. The van der Waals surface area contributed by atoms with Gasteiger partial charge in [-0.2, -0.15) is 0 Å². The third-order valence-electron chi connectivity index (χ3n) is 2.67. The van der Waals surface area contributed by atoms with E-state index in [0.29, 0.717) is 23.3 Å². The Labute approximate surface area is 125 Å². The molecule has 100 valence electrons. The van der Waals surface area contributed by atoms with Gasteiger partial charge in [0.05, 0.1) is 7.11 Å². The number of rotatable bonds is 4. The van der Waals surface area contributed by atoms with Crippen LogP contribution in [0.25, 0.3) is 0 Å². The molecule has 0 bridgehead atoms. The Morgan fingerprint density at radius 3 is 2.74 bits per heavy atom. The van der Waals surface area contributed by atoms with Crippen molar-refractivity contribution in [2.45, 2.75) is 6.54 Å². The van der Waals surface area contributed by atoms with Crippen molar-refractivity contribution in [3.63, 3.8) is 0 Å². The van der Waals surface area contributed by atoms with Crippen LogP contribution < -0.4 is 9.64 Å². The maximum Gasteiger partial charge on any atom is 0.199 e. The summed E-state index contributed by atoms with van der Waals surface area (Å²) in [5.74, 6) is 1.15. The highest BCUT2D eigenvalue weighted by molar-refractivity contribution is 9.10. The van der Waals surface area contributed by atoms with Gasteiger partial charge in [0, 0.05) is 18.1 Å². The van der Waals surface area contributed by atoms with Crippen LogP contribution in [0.1, 0.15) is 5.56 Å². The maximum atomic E-state index is 6.00. The second-order valence-corrected chi connectivity index (χ2v) is 5.18. The average molecular weight is 343 g/mol. The quantitative estimate of drug-likeness (QED) is 0.797. The molecule has 1 aromatic carbocycles. The number of halogens is 2. The number of nitrogens with zero attached hydrogens (tertiary/aromatic N) is 3. The number of hydrogen-bond donors (Lipinski definition) is 0. The second-order valence-electron chi connectivity index (χ2n) is 3.97. The highest BCUT2D eigenvalue weighted by Crippen LogP contribution is 2.32. The number of benzene rings is 1. The molecule has 0 unspecified atom stereocenters. The minimum absolute atomic E-state index is 0.312. The lowest BCUT2D eigenvalue weighted by Crippen LogP contribution is -2.19. The van der Waals surface area contributed by atoms with Gasteiger partial charge in [-0.05, 0) is 11.6 Å². The lowest BCUT2D eigenvalue weighted by molar-refractivity contribution is 0.411. The van der Waals surface area contributed by atoms with Crippen LogP contribution >= 0.6 is 27.5 Å². The fourth-order valence-electron chi connectivity index (χ4n) is 1.75. The molecule has 1 aromatic heterocycles. The molecule has 19 heavy (non-hydrogen) atoms. The van der Waals surface area contributed by atoms with Crippen LogP contribution in [0.4, 0.5) is 5.82 Å². The molecule has 0 spiro atoms. The summed E-state index contributed by atoms with van der Waals surface area (Å²) >= 11 is 9.53. The molecule has 6 heteroatoms. The molecule has 2 rings (SSSR count). The van der Waals surface area contributed by atoms with Crippen LogP contribution in [0, 0.1) is 0 Å². The van der Waals surface area contributed by atoms with Gasteiger partial charge in [-0.3, -0.25) is 0 Å². The van der Waals surface area contributed by atoms with Gasteiger partial charge in [0.15, 0.2) is 16.7 Å². The average Bonchev–Trinajstić information content (AvgIpc) is 2.41. The zero-order chi connectivity index (χ0) is 13.8. The smallest absolute Gasteiger partial charge is 0.199 e. The molecular formula is C13H13BrClN3O. The second kappa shape index (κ2) is 6.21. The van der Waals surface area contributed by atoms with E-state index < -0.39 is 0 Å². The molecule has 0 aliphatic rings. The van der Waals surface area contributed by atoms with E-state index in [1.54, 1.807) is 7.11 Å². The topological polar surface area (TPSA) is 38.3 Å². The van der Waals surface area contributed by atoms with E-state index in [1.807, 2.05) is 30.1 Å². The zero-order valence-corrected chi connectivity index (χ0v) is 12.9. The Bertz CT molecular complexity index is 580. The molecule has 0 radical (unpaired) electrons. The Morgan fingerprint density at radius 1 is 1.32 bits per heavy atom. The van der Waals surface area contributed by atoms with E-state index in [0.717, 1.165) is 10.0 Å². The zero-order valence-electron chi connectivity index (χ0n) is 10.6.